The molecule has 4 aromatic carbocycles. The number of benzene rings is 4. The molecule has 0 N–H and O–H groups in total. The Morgan fingerprint density at radius 2 is 1.00 bits per heavy atom. The lowest BCUT2D eigenvalue weighted by molar-refractivity contribution is 0.548. The Morgan fingerprint density at radius 1 is 0.568 bits per heavy atom. The summed E-state index contributed by atoms with van der Waals surface area (Å²) in [5.41, 5.74) is 6.89. The average molecular weight is 523 g/mol. The van der Waals surface area contributed by atoms with Crippen molar-refractivity contribution in [2.24, 2.45) is 5.92 Å². The molecule has 0 radical (unpaired) electrons. The van der Waals surface area contributed by atoms with Crippen LogP contribution in [0, 0.1) is 33.6 Å². The van der Waals surface area contributed by atoms with Gasteiger partial charge in [0.15, 0.2) is 0 Å². The van der Waals surface area contributed by atoms with Crippen LogP contribution in [0.3, 0.4) is 0 Å². The lowest BCUT2D eigenvalue weighted by Crippen LogP contribution is -2.33. The maximum absolute atomic E-state index is 2.59. The summed E-state index contributed by atoms with van der Waals surface area (Å²) in [5, 5.41) is 6.18. The molecule has 2 unspecified atom stereocenters. The van der Waals surface area contributed by atoms with E-state index in [2.05, 4.69) is 132 Å². The fraction of sp³-hybridized carbons (Fsp3) is 0.314. The molecular formula is C35H40P2. The van der Waals surface area contributed by atoms with Crippen molar-refractivity contribution in [2.75, 3.05) is 0 Å². The number of hydrogen-bond acceptors (Lipinski definition) is 0. The minimum atomic E-state index is -0.467. The molecule has 37 heavy (non-hydrogen) atoms. The molecule has 0 bridgehead atoms. The molecule has 1 saturated carbocycles. The molecule has 1 aliphatic rings. The van der Waals surface area contributed by atoms with Gasteiger partial charge in [0, 0.05) is 0 Å². The first-order chi connectivity index (χ1) is 17.9. The largest absolute Gasteiger partial charge is 0.0622 e. The molecule has 0 amide bonds. The van der Waals surface area contributed by atoms with Gasteiger partial charge in [0.1, 0.15) is 0 Å². The van der Waals surface area contributed by atoms with Crippen LogP contribution < -0.4 is 21.2 Å². The molecule has 0 nitrogen and oxygen atoms in total. The zero-order chi connectivity index (χ0) is 25.9. The zero-order valence-corrected chi connectivity index (χ0v) is 24.8. The van der Waals surface area contributed by atoms with E-state index in [0.29, 0.717) is 5.66 Å². The Kier molecular flexibility index (Phi) is 8.29. The lowest BCUT2D eigenvalue weighted by Gasteiger charge is -2.37. The third kappa shape index (κ3) is 5.93. The first kappa shape index (κ1) is 26.4. The third-order valence-corrected chi connectivity index (χ3v) is 13.8. The van der Waals surface area contributed by atoms with Gasteiger partial charge < -0.3 is 0 Å². The van der Waals surface area contributed by atoms with Crippen LogP contribution in [0.4, 0.5) is 0 Å². The quantitative estimate of drug-likeness (QED) is 0.216. The summed E-state index contributed by atoms with van der Waals surface area (Å²) in [7, 11) is -0.868. The second kappa shape index (κ2) is 11.6. The predicted octanol–water partition coefficient (Wildman–Crippen LogP) is 8.04. The van der Waals surface area contributed by atoms with Gasteiger partial charge >= 0.3 is 0 Å². The van der Waals surface area contributed by atoms with Gasteiger partial charge in [-0.1, -0.05) is 133 Å². The van der Waals surface area contributed by atoms with Crippen LogP contribution in [0.15, 0.2) is 97.1 Å². The van der Waals surface area contributed by atoms with Crippen molar-refractivity contribution in [3.05, 3.63) is 119 Å². The summed E-state index contributed by atoms with van der Waals surface area (Å²) in [5.74, 6) is 0.722. The Balaban J connectivity index is 1.60. The highest BCUT2D eigenvalue weighted by Gasteiger charge is 2.41. The van der Waals surface area contributed by atoms with Gasteiger partial charge in [-0.05, 0) is 94.8 Å². The highest BCUT2D eigenvalue weighted by Crippen LogP contribution is 2.56. The molecule has 0 heterocycles. The van der Waals surface area contributed by atoms with Crippen molar-refractivity contribution in [1.82, 2.24) is 0 Å². The van der Waals surface area contributed by atoms with Crippen molar-refractivity contribution in [3.63, 3.8) is 0 Å². The molecule has 0 aliphatic heterocycles. The zero-order valence-electron chi connectivity index (χ0n) is 23.0. The molecule has 1 fully saturated rings. The monoisotopic (exact) mass is 522 g/mol. The van der Waals surface area contributed by atoms with Crippen LogP contribution in [-0.2, 0) is 0 Å². The Labute approximate surface area is 227 Å². The van der Waals surface area contributed by atoms with E-state index in [1.807, 2.05) is 0 Å². The van der Waals surface area contributed by atoms with Gasteiger partial charge in [-0.2, -0.15) is 0 Å². The predicted molar refractivity (Wildman–Crippen MR) is 168 cm³/mol. The third-order valence-electron chi connectivity index (χ3n) is 7.93. The molecule has 5 rings (SSSR count). The van der Waals surface area contributed by atoms with E-state index in [0.717, 1.165) is 11.6 Å². The summed E-state index contributed by atoms with van der Waals surface area (Å²) in [6.07, 6.45) is 4.03. The van der Waals surface area contributed by atoms with Crippen LogP contribution >= 0.6 is 15.8 Å². The maximum atomic E-state index is 2.59. The second-order valence-electron chi connectivity index (χ2n) is 11.0. The van der Waals surface area contributed by atoms with Crippen LogP contribution in [0.5, 0.6) is 0 Å². The van der Waals surface area contributed by atoms with Gasteiger partial charge in [0.2, 0.25) is 0 Å². The van der Waals surface area contributed by atoms with Gasteiger partial charge in [0.25, 0.3) is 0 Å². The first-order valence-corrected chi connectivity index (χ1v) is 16.6. The first-order valence-electron chi connectivity index (χ1n) is 13.8. The molecular weight excluding hydrogens is 482 g/mol. The van der Waals surface area contributed by atoms with Crippen LogP contribution in [0.2, 0.25) is 0 Å². The highest BCUT2D eigenvalue weighted by molar-refractivity contribution is 7.74. The van der Waals surface area contributed by atoms with Gasteiger partial charge in [-0.25, -0.2) is 0 Å². The molecule has 2 heteroatoms. The number of aryl methyl sites for hydroxylation is 4. The molecule has 3 atom stereocenters. The van der Waals surface area contributed by atoms with E-state index in [-0.39, 0.29) is 0 Å². The van der Waals surface area contributed by atoms with Crippen molar-refractivity contribution in [3.8, 4) is 0 Å². The van der Waals surface area contributed by atoms with Crippen molar-refractivity contribution < 1.29 is 0 Å². The van der Waals surface area contributed by atoms with Gasteiger partial charge in [-0.15, -0.1) is 0 Å². The average Bonchev–Trinajstić information content (AvgIpc) is 3.34. The Morgan fingerprint density at radius 3 is 1.43 bits per heavy atom. The Hall–Kier alpha value is -2.26. The van der Waals surface area contributed by atoms with E-state index in [1.54, 1.807) is 10.6 Å². The van der Waals surface area contributed by atoms with Crippen molar-refractivity contribution >= 4 is 37.1 Å². The molecule has 0 aromatic heterocycles. The van der Waals surface area contributed by atoms with Crippen molar-refractivity contribution in [1.29, 1.82) is 0 Å². The molecule has 0 saturated heterocycles. The minimum Gasteiger partial charge on any atom is -0.0622 e. The van der Waals surface area contributed by atoms with E-state index in [4.69, 9.17) is 0 Å². The smallest absolute Gasteiger partial charge is 0.00943 e. The molecule has 0 spiro atoms. The van der Waals surface area contributed by atoms with Crippen LogP contribution in [-0.4, -0.2) is 11.3 Å². The van der Waals surface area contributed by atoms with Crippen LogP contribution in [0.1, 0.15) is 48.4 Å². The molecule has 4 aromatic rings. The van der Waals surface area contributed by atoms with Gasteiger partial charge in [-0.3, -0.25) is 0 Å². The molecule has 1 aliphatic carbocycles. The number of hydrogen-bond donors (Lipinski definition) is 0. The second-order valence-corrected chi connectivity index (χ2v) is 16.0. The summed E-state index contributed by atoms with van der Waals surface area (Å²) in [6.45, 7) is 11.6. The normalized spacial score (nSPS) is 18.5. The summed E-state index contributed by atoms with van der Waals surface area (Å²) in [4.78, 5) is 0. The maximum Gasteiger partial charge on any atom is -0.00943 e. The lowest BCUT2D eigenvalue weighted by atomic mass is 10.0. The van der Waals surface area contributed by atoms with Gasteiger partial charge in [0.05, 0.1) is 0 Å². The SMILES string of the molecule is Cc1cc(C)cc(P(c2cc(C)cc(C)c2)C(C)C2CCC[C@@H]2P(c2ccccc2)c2ccccc2)c1. The van der Waals surface area contributed by atoms with Crippen LogP contribution in [0.25, 0.3) is 0 Å². The van der Waals surface area contributed by atoms with E-state index in [9.17, 15) is 0 Å². The fourth-order valence-electron chi connectivity index (χ4n) is 6.55. The minimum absolute atomic E-state index is 0.401. The van der Waals surface area contributed by atoms with Crippen molar-refractivity contribution in [2.45, 2.75) is 65.2 Å². The molecule has 190 valence electrons. The fourth-order valence-corrected chi connectivity index (χ4v) is 13.3. The highest BCUT2D eigenvalue weighted by atomic mass is 31.1. The topological polar surface area (TPSA) is 0 Å². The summed E-state index contributed by atoms with van der Waals surface area (Å²) >= 11 is 0. The number of rotatable bonds is 7. The Bertz CT molecular complexity index is 1200. The standard InChI is InChI=1S/C35H40P2/c1-25-19-26(2)22-32(21-25)36(33-23-27(3)20-28(4)24-33)29(5)34-17-12-18-35(34)37(30-13-8-6-9-14-30)31-15-10-7-11-16-31/h6-11,13-16,19-24,29,34-35H,12,17-18H2,1-5H3/t29?,34?,35-/m0/s1. The van der Waals surface area contributed by atoms with E-state index >= 15 is 0 Å². The summed E-state index contributed by atoms with van der Waals surface area (Å²) in [6, 6.07) is 37.4. The summed E-state index contributed by atoms with van der Waals surface area (Å²) < 4.78 is 0. The van der Waals surface area contributed by atoms with E-state index in [1.165, 1.54) is 52.1 Å². The van der Waals surface area contributed by atoms with E-state index < -0.39 is 15.8 Å².